The molecule has 0 unspecified atom stereocenters. The quantitative estimate of drug-likeness (QED) is 0.250. The van der Waals surface area contributed by atoms with Crippen molar-refractivity contribution in [2.24, 2.45) is 0 Å². The van der Waals surface area contributed by atoms with E-state index in [1.807, 2.05) is 31.2 Å². The number of para-hydroxylation sites is 1. The molecule has 0 bridgehead atoms. The van der Waals surface area contributed by atoms with E-state index in [-0.39, 0.29) is 11.3 Å². The summed E-state index contributed by atoms with van der Waals surface area (Å²) in [5.41, 5.74) is 2.01. The number of imide groups is 2. The van der Waals surface area contributed by atoms with E-state index < -0.39 is 23.7 Å². The van der Waals surface area contributed by atoms with Gasteiger partial charge in [0.1, 0.15) is 18.0 Å². The van der Waals surface area contributed by atoms with E-state index in [2.05, 4.69) is 27.9 Å². The first-order chi connectivity index (χ1) is 16.8. The van der Waals surface area contributed by atoms with E-state index in [9.17, 15) is 18.8 Å². The molecule has 1 fully saturated rings. The summed E-state index contributed by atoms with van der Waals surface area (Å²) < 4.78 is 26.4. The molecule has 35 heavy (non-hydrogen) atoms. The van der Waals surface area contributed by atoms with Crippen molar-refractivity contribution >= 4 is 52.2 Å². The highest BCUT2D eigenvalue weighted by Crippen LogP contribution is 2.35. The third-order valence-corrected chi connectivity index (χ3v) is 6.02. The molecule has 0 atom stereocenters. The maximum absolute atomic E-state index is 14.3. The van der Waals surface area contributed by atoms with Crippen molar-refractivity contribution in [1.82, 2.24) is 5.32 Å². The summed E-state index contributed by atoms with van der Waals surface area (Å²) in [5.74, 6) is -1.66. The van der Waals surface area contributed by atoms with E-state index in [1.54, 1.807) is 12.1 Å². The minimum atomic E-state index is -1.02. The van der Waals surface area contributed by atoms with Gasteiger partial charge in [0.05, 0.1) is 16.4 Å². The third-order valence-electron chi connectivity index (χ3n) is 5.22. The lowest BCUT2D eigenvalue weighted by atomic mass is 10.1. The van der Waals surface area contributed by atoms with Crippen LogP contribution in [0.4, 0.5) is 14.9 Å². The fraction of sp³-hybridized carbons (Fsp3) is 0.115. The predicted molar refractivity (Wildman–Crippen MR) is 137 cm³/mol. The average Bonchev–Trinajstić information content (AvgIpc) is 2.82. The highest BCUT2D eigenvalue weighted by molar-refractivity contribution is 14.1. The first kappa shape index (κ1) is 24.4. The maximum atomic E-state index is 14.3. The molecule has 1 saturated heterocycles. The SMILES string of the molecule is COc1cc(/C=C2/C(=O)NC(=O)N(c3ccccc3F)C2=O)cc(I)c1OCc1cccc(C)c1. The summed E-state index contributed by atoms with van der Waals surface area (Å²) in [6.07, 6.45) is 1.33. The van der Waals surface area contributed by atoms with Crippen LogP contribution in [0.2, 0.25) is 0 Å². The summed E-state index contributed by atoms with van der Waals surface area (Å²) in [6, 6.07) is 15.6. The molecular formula is C26H20FIN2O5. The van der Waals surface area contributed by atoms with Crippen LogP contribution in [-0.4, -0.2) is 25.0 Å². The second-order valence-electron chi connectivity index (χ2n) is 7.72. The molecule has 0 saturated carbocycles. The molecule has 4 rings (SSSR count). The Morgan fingerprint density at radius 2 is 1.83 bits per heavy atom. The Kier molecular flexibility index (Phi) is 7.15. The van der Waals surface area contributed by atoms with Crippen LogP contribution in [0.15, 0.2) is 66.2 Å². The van der Waals surface area contributed by atoms with Crippen LogP contribution in [0.25, 0.3) is 6.08 Å². The molecular weight excluding hydrogens is 566 g/mol. The minimum absolute atomic E-state index is 0.250. The monoisotopic (exact) mass is 586 g/mol. The molecule has 1 aliphatic heterocycles. The lowest BCUT2D eigenvalue weighted by Gasteiger charge is -2.26. The molecule has 0 spiro atoms. The van der Waals surface area contributed by atoms with Gasteiger partial charge in [-0.15, -0.1) is 0 Å². The van der Waals surface area contributed by atoms with Crippen molar-refractivity contribution in [3.63, 3.8) is 0 Å². The Morgan fingerprint density at radius 1 is 1.06 bits per heavy atom. The van der Waals surface area contributed by atoms with Gasteiger partial charge < -0.3 is 9.47 Å². The molecule has 1 N–H and O–H groups in total. The maximum Gasteiger partial charge on any atom is 0.336 e. The van der Waals surface area contributed by atoms with Gasteiger partial charge in [0, 0.05) is 0 Å². The van der Waals surface area contributed by atoms with Crippen LogP contribution >= 0.6 is 22.6 Å². The Morgan fingerprint density at radius 3 is 2.54 bits per heavy atom. The number of ether oxygens (including phenoxy) is 2. The van der Waals surface area contributed by atoms with Crippen LogP contribution in [0.3, 0.4) is 0 Å². The number of nitrogens with one attached hydrogen (secondary N) is 1. The average molecular weight is 586 g/mol. The summed E-state index contributed by atoms with van der Waals surface area (Å²) >= 11 is 2.08. The first-order valence-corrected chi connectivity index (χ1v) is 11.6. The number of urea groups is 1. The number of anilines is 1. The van der Waals surface area contributed by atoms with Gasteiger partial charge in [0.25, 0.3) is 11.8 Å². The lowest BCUT2D eigenvalue weighted by Crippen LogP contribution is -2.54. The Labute approximate surface area is 214 Å². The molecule has 1 heterocycles. The summed E-state index contributed by atoms with van der Waals surface area (Å²) in [6.45, 7) is 2.33. The highest BCUT2D eigenvalue weighted by atomic mass is 127. The number of rotatable bonds is 6. The number of barbiturate groups is 1. The van der Waals surface area contributed by atoms with Crippen LogP contribution in [-0.2, 0) is 16.2 Å². The van der Waals surface area contributed by atoms with Crippen LogP contribution in [0, 0.1) is 16.3 Å². The van der Waals surface area contributed by atoms with Crippen molar-refractivity contribution in [1.29, 1.82) is 0 Å². The second kappa shape index (κ2) is 10.3. The number of halogens is 2. The fourth-order valence-electron chi connectivity index (χ4n) is 3.60. The standard InChI is InChI=1S/C26H20FIN2O5/c1-15-6-5-7-16(10-15)14-35-23-20(28)12-17(13-22(23)34-2)11-18-24(31)29-26(33)30(25(18)32)21-9-4-3-8-19(21)27/h3-13H,14H2,1-2H3,(H,29,31,33)/b18-11-. The zero-order valence-corrected chi connectivity index (χ0v) is 21.0. The number of hydrogen-bond acceptors (Lipinski definition) is 5. The van der Waals surface area contributed by atoms with Crippen LogP contribution in [0.5, 0.6) is 11.5 Å². The number of carbonyl (C=O) groups is 3. The predicted octanol–water partition coefficient (Wildman–Crippen LogP) is 4.99. The van der Waals surface area contributed by atoms with E-state index in [4.69, 9.17) is 9.47 Å². The van der Waals surface area contributed by atoms with E-state index in [0.29, 0.717) is 32.1 Å². The summed E-state index contributed by atoms with van der Waals surface area (Å²) in [4.78, 5) is 38.4. The molecule has 1 aliphatic rings. The molecule has 178 valence electrons. The Balaban J connectivity index is 1.65. The van der Waals surface area contributed by atoms with Crippen molar-refractivity contribution in [2.45, 2.75) is 13.5 Å². The number of amides is 4. The van der Waals surface area contributed by atoms with Crippen molar-refractivity contribution < 1.29 is 28.2 Å². The van der Waals surface area contributed by atoms with Crippen LogP contribution < -0.4 is 19.7 Å². The largest absolute Gasteiger partial charge is 0.493 e. The summed E-state index contributed by atoms with van der Waals surface area (Å²) in [5, 5.41) is 2.09. The highest BCUT2D eigenvalue weighted by Gasteiger charge is 2.38. The Hall–Kier alpha value is -3.73. The number of methoxy groups -OCH3 is 1. The second-order valence-corrected chi connectivity index (χ2v) is 8.88. The van der Waals surface area contributed by atoms with Gasteiger partial charge >= 0.3 is 6.03 Å². The zero-order chi connectivity index (χ0) is 25.1. The number of aryl methyl sites for hydroxylation is 1. The normalized spacial score (nSPS) is 14.8. The Bertz CT molecular complexity index is 1370. The van der Waals surface area contributed by atoms with Gasteiger partial charge in [-0.1, -0.05) is 42.0 Å². The zero-order valence-electron chi connectivity index (χ0n) is 18.8. The minimum Gasteiger partial charge on any atom is -0.493 e. The number of benzene rings is 3. The third kappa shape index (κ3) is 5.19. The topological polar surface area (TPSA) is 84.9 Å². The van der Waals surface area contributed by atoms with Gasteiger partial charge in [-0.2, -0.15) is 0 Å². The molecule has 0 radical (unpaired) electrons. The number of hydrogen-bond donors (Lipinski definition) is 1. The lowest BCUT2D eigenvalue weighted by molar-refractivity contribution is -0.122. The number of carbonyl (C=O) groups excluding carboxylic acids is 3. The molecule has 9 heteroatoms. The van der Waals surface area contributed by atoms with Gasteiger partial charge in [-0.05, 0) is 71.0 Å². The molecule has 0 aromatic heterocycles. The van der Waals surface area contributed by atoms with Crippen LogP contribution in [0.1, 0.15) is 16.7 Å². The smallest absolute Gasteiger partial charge is 0.336 e. The number of nitrogens with zero attached hydrogens (tertiary/aromatic N) is 1. The van der Waals surface area contributed by atoms with Gasteiger partial charge in [0.15, 0.2) is 11.5 Å². The van der Waals surface area contributed by atoms with Gasteiger partial charge in [0.2, 0.25) is 0 Å². The van der Waals surface area contributed by atoms with Gasteiger partial charge in [-0.25, -0.2) is 14.1 Å². The fourth-order valence-corrected chi connectivity index (χ4v) is 4.38. The van der Waals surface area contributed by atoms with Crippen molar-refractivity contribution in [2.75, 3.05) is 12.0 Å². The van der Waals surface area contributed by atoms with Crippen molar-refractivity contribution in [3.8, 4) is 11.5 Å². The molecule has 3 aromatic carbocycles. The molecule has 4 amide bonds. The molecule has 3 aromatic rings. The van der Waals surface area contributed by atoms with Crippen molar-refractivity contribution in [3.05, 3.63) is 92.3 Å². The van der Waals surface area contributed by atoms with E-state index >= 15 is 0 Å². The van der Waals surface area contributed by atoms with Gasteiger partial charge in [-0.3, -0.25) is 14.9 Å². The van der Waals surface area contributed by atoms with E-state index in [1.165, 1.54) is 31.4 Å². The first-order valence-electron chi connectivity index (χ1n) is 10.5. The van der Waals surface area contributed by atoms with E-state index in [0.717, 1.165) is 17.2 Å². The summed E-state index contributed by atoms with van der Waals surface area (Å²) in [7, 11) is 1.49. The molecule has 7 nitrogen and oxygen atoms in total. The molecule has 0 aliphatic carbocycles.